The molecule has 1 aromatic heterocycles. The van der Waals surface area contributed by atoms with E-state index in [1.807, 2.05) is 64.4 Å². The molecule has 1 spiro atoms. The summed E-state index contributed by atoms with van der Waals surface area (Å²) in [4.78, 5) is 37.9. The number of morpholine rings is 1. The van der Waals surface area contributed by atoms with Crippen molar-refractivity contribution in [2.24, 2.45) is 0 Å². The second-order valence-corrected chi connectivity index (χ2v) is 8.71. The minimum absolute atomic E-state index is 0.0125. The van der Waals surface area contributed by atoms with Crippen molar-refractivity contribution in [1.82, 2.24) is 14.9 Å². The van der Waals surface area contributed by atoms with Crippen LogP contribution in [-0.4, -0.2) is 58.5 Å². The average molecular weight is 458 g/mol. The molecule has 8 nitrogen and oxygen atoms in total. The third-order valence-electron chi connectivity index (χ3n) is 6.43. The molecule has 2 amide bonds. The number of rotatable bonds is 4. The number of carbonyl (C=O) groups is 2. The molecule has 0 radical (unpaired) electrons. The van der Waals surface area contributed by atoms with Crippen molar-refractivity contribution in [3.8, 4) is 0 Å². The van der Waals surface area contributed by atoms with Gasteiger partial charge in [0.1, 0.15) is 6.61 Å². The van der Waals surface area contributed by atoms with E-state index in [1.165, 1.54) is 0 Å². The molecule has 174 valence electrons. The highest BCUT2D eigenvalue weighted by Gasteiger charge is 2.42. The number of nitrogens with one attached hydrogen (secondary N) is 1. The highest BCUT2D eigenvalue weighted by Crippen LogP contribution is 2.33. The third-order valence-corrected chi connectivity index (χ3v) is 6.43. The number of nitrogens with zero attached hydrogens (tertiary/aromatic N) is 4. The van der Waals surface area contributed by atoms with Gasteiger partial charge in [0.15, 0.2) is 0 Å². The molecule has 3 heterocycles. The Bertz CT molecular complexity index is 1160. The lowest BCUT2D eigenvalue weighted by Gasteiger charge is -2.42. The topological polar surface area (TPSA) is 87.7 Å². The molecule has 0 bridgehead atoms. The number of hydrogen-bond acceptors (Lipinski definition) is 6. The van der Waals surface area contributed by atoms with Crippen LogP contribution in [0.15, 0.2) is 73.1 Å². The SMILES string of the molecule is O=C(c1cccc(Nc2ncccn2)c1)N1CCCC2(CC1)CN(c1ccccc1)C(=O)CO2. The fourth-order valence-corrected chi connectivity index (χ4v) is 4.64. The van der Waals surface area contributed by atoms with Gasteiger partial charge in [-0.2, -0.15) is 0 Å². The molecule has 2 saturated heterocycles. The van der Waals surface area contributed by atoms with Crippen LogP contribution in [0.1, 0.15) is 29.6 Å². The van der Waals surface area contributed by atoms with E-state index in [2.05, 4.69) is 15.3 Å². The maximum Gasteiger partial charge on any atom is 0.253 e. The van der Waals surface area contributed by atoms with E-state index in [1.54, 1.807) is 18.5 Å². The van der Waals surface area contributed by atoms with Crippen LogP contribution in [0, 0.1) is 0 Å². The Morgan fingerprint density at radius 3 is 2.62 bits per heavy atom. The van der Waals surface area contributed by atoms with Crippen LogP contribution in [0.25, 0.3) is 0 Å². The Balaban J connectivity index is 1.27. The Hall–Kier alpha value is -3.78. The molecular weight excluding hydrogens is 430 g/mol. The number of aromatic nitrogens is 2. The molecular formula is C26H27N5O3. The molecule has 34 heavy (non-hydrogen) atoms. The predicted octanol–water partition coefficient (Wildman–Crippen LogP) is 3.65. The van der Waals surface area contributed by atoms with Gasteiger partial charge in [0.25, 0.3) is 11.8 Å². The lowest BCUT2D eigenvalue weighted by atomic mass is 9.92. The number of ether oxygens (including phenoxy) is 1. The first kappa shape index (κ1) is 22.0. The van der Waals surface area contributed by atoms with Gasteiger partial charge in [0.2, 0.25) is 5.95 Å². The zero-order valence-corrected chi connectivity index (χ0v) is 18.9. The molecule has 2 aliphatic rings. The quantitative estimate of drug-likeness (QED) is 0.644. The van der Waals surface area contributed by atoms with Gasteiger partial charge in [0.05, 0.1) is 12.1 Å². The number of anilines is 3. The minimum atomic E-state index is -0.438. The van der Waals surface area contributed by atoms with Crippen molar-refractivity contribution in [1.29, 1.82) is 0 Å². The minimum Gasteiger partial charge on any atom is -0.363 e. The highest BCUT2D eigenvalue weighted by molar-refractivity contribution is 5.96. The number of para-hydroxylation sites is 1. The maximum absolute atomic E-state index is 13.3. The zero-order chi connectivity index (χ0) is 23.4. The lowest BCUT2D eigenvalue weighted by molar-refractivity contribution is -0.140. The van der Waals surface area contributed by atoms with Gasteiger partial charge in [-0.25, -0.2) is 9.97 Å². The zero-order valence-electron chi connectivity index (χ0n) is 18.9. The van der Waals surface area contributed by atoms with E-state index >= 15 is 0 Å². The van der Waals surface area contributed by atoms with E-state index in [-0.39, 0.29) is 18.4 Å². The summed E-state index contributed by atoms with van der Waals surface area (Å²) in [7, 11) is 0. The summed E-state index contributed by atoms with van der Waals surface area (Å²) in [5.41, 5.74) is 1.82. The second-order valence-electron chi connectivity index (χ2n) is 8.71. The Labute approximate surface area is 198 Å². The number of carbonyl (C=O) groups excluding carboxylic acids is 2. The molecule has 5 rings (SSSR count). The van der Waals surface area contributed by atoms with Gasteiger partial charge in [-0.05, 0) is 55.7 Å². The molecule has 8 heteroatoms. The summed E-state index contributed by atoms with van der Waals surface area (Å²) < 4.78 is 6.12. The standard InChI is InChI=1S/C26H27N5O3/c32-23-18-34-26(19-31(23)22-9-2-1-3-10-22)11-5-15-30(16-12-26)24(33)20-7-4-8-21(17-20)29-25-27-13-6-14-28-25/h1-4,6-10,13-14,17H,5,11-12,15-16,18-19H2,(H,27,28,29). The van der Waals surface area contributed by atoms with Crippen molar-refractivity contribution in [2.45, 2.75) is 24.9 Å². The van der Waals surface area contributed by atoms with Gasteiger partial charge in [0, 0.05) is 42.4 Å². The molecule has 1 unspecified atom stereocenters. The van der Waals surface area contributed by atoms with Gasteiger partial charge in [-0.15, -0.1) is 0 Å². The number of benzene rings is 2. The van der Waals surface area contributed by atoms with Crippen LogP contribution in [0.3, 0.4) is 0 Å². The van der Waals surface area contributed by atoms with E-state index < -0.39 is 5.60 Å². The van der Waals surface area contributed by atoms with Crippen molar-refractivity contribution in [3.63, 3.8) is 0 Å². The maximum atomic E-state index is 13.3. The number of likely N-dealkylation sites (tertiary alicyclic amines) is 1. The summed E-state index contributed by atoms with van der Waals surface area (Å²) in [5.74, 6) is 0.443. The van der Waals surface area contributed by atoms with E-state index in [4.69, 9.17) is 4.74 Å². The molecule has 2 fully saturated rings. The Morgan fingerprint density at radius 1 is 0.971 bits per heavy atom. The third kappa shape index (κ3) is 4.77. The van der Waals surface area contributed by atoms with E-state index in [0.717, 1.165) is 24.2 Å². The first-order valence-corrected chi connectivity index (χ1v) is 11.5. The fourth-order valence-electron chi connectivity index (χ4n) is 4.64. The monoisotopic (exact) mass is 457 g/mol. The van der Waals surface area contributed by atoms with Crippen LogP contribution in [0.4, 0.5) is 17.3 Å². The molecule has 0 saturated carbocycles. The molecule has 1 N–H and O–H groups in total. The van der Waals surface area contributed by atoms with Gasteiger partial charge < -0.3 is 19.9 Å². The van der Waals surface area contributed by atoms with Crippen LogP contribution < -0.4 is 10.2 Å². The molecule has 0 aliphatic carbocycles. The van der Waals surface area contributed by atoms with E-state index in [9.17, 15) is 9.59 Å². The lowest BCUT2D eigenvalue weighted by Crippen LogP contribution is -2.55. The summed E-state index contributed by atoms with van der Waals surface area (Å²) in [6.45, 7) is 1.81. The Morgan fingerprint density at radius 2 is 1.79 bits per heavy atom. The predicted molar refractivity (Wildman–Crippen MR) is 129 cm³/mol. The summed E-state index contributed by atoms with van der Waals surface area (Å²) >= 11 is 0. The fraction of sp³-hybridized carbons (Fsp3) is 0.308. The normalized spacial score (nSPS) is 20.8. The second kappa shape index (κ2) is 9.61. The van der Waals surface area contributed by atoms with Gasteiger partial charge >= 0.3 is 0 Å². The number of amides is 2. The van der Waals surface area contributed by atoms with Crippen LogP contribution in [-0.2, 0) is 9.53 Å². The summed E-state index contributed by atoms with van der Waals surface area (Å²) in [6.07, 6.45) is 5.64. The van der Waals surface area contributed by atoms with Crippen molar-refractivity contribution >= 4 is 29.1 Å². The van der Waals surface area contributed by atoms with E-state index in [0.29, 0.717) is 37.6 Å². The van der Waals surface area contributed by atoms with Crippen molar-refractivity contribution in [3.05, 3.63) is 78.6 Å². The molecule has 2 aromatic carbocycles. The average Bonchev–Trinajstić information content (AvgIpc) is 3.09. The van der Waals surface area contributed by atoms with Crippen LogP contribution >= 0.6 is 0 Å². The summed E-state index contributed by atoms with van der Waals surface area (Å²) in [5, 5.41) is 3.14. The molecule has 2 aliphatic heterocycles. The van der Waals surface area contributed by atoms with Crippen LogP contribution in [0.5, 0.6) is 0 Å². The van der Waals surface area contributed by atoms with Crippen molar-refractivity contribution in [2.75, 3.05) is 36.5 Å². The Kier molecular flexibility index (Phi) is 6.22. The largest absolute Gasteiger partial charge is 0.363 e. The highest BCUT2D eigenvalue weighted by atomic mass is 16.5. The first-order valence-electron chi connectivity index (χ1n) is 11.5. The van der Waals surface area contributed by atoms with Crippen molar-refractivity contribution < 1.29 is 14.3 Å². The van der Waals surface area contributed by atoms with Crippen LogP contribution in [0.2, 0.25) is 0 Å². The molecule has 3 aromatic rings. The van der Waals surface area contributed by atoms with Gasteiger partial charge in [-0.1, -0.05) is 24.3 Å². The number of hydrogen-bond donors (Lipinski definition) is 1. The summed E-state index contributed by atoms with van der Waals surface area (Å²) in [6, 6.07) is 18.9. The smallest absolute Gasteiger partial charge is 0.253 e. The molecule has 1 atom stereocenters. The first-order chi connectivity index (χ1) is 16.6. The van der Waals surface area contributed by atoms with Gasteiger partial charge in [-0.3, -0.25) is 9.59 Å².